The van der Waals surface area contributed by atoms with Gasteiger partial charge in [-0.05, 0) is 19.0 Å². The first-order valence-corrected chi connectivity index (χ1v) is 7.04. The molecule has 6 heteroatoms. The molecule has 0 bridgehead atoms. The van der Waals surface area contributed by atoms with Gasteiger partial charge in [0.15, 0.2) is 0 Å². The molecule has 0 radical (unpaired) electrons. The maximum atomic E-state index is 12.3. The zero-order valence-corrected chi connectivity index (χ0v) is 11.8. The number of likely N-dealkylation sites (N-methyl/N-ethyl adjacent to an activating group) is 1. The van der Waals surface area contributed by atoms with Gasteiger partial charge in [0.25, 0.3) is 0 Å². The Bertz CT molecular complexity index is 336. The summed E-state index contributed by atoms with van der Waals surface area (Å²) in [5.41, 5.74) is 0. The Kier molecular flexibility index (Phi) is 4.76. The number of piperazine rings is 1. The van der Waals surface area contributed by atoms with E-state index >= 15 is 0 Å². The van der Waals surface area contributed by atoms with E-state index in [1.54, 1.807) is 7.05 Å². The van der Waals surface area contributed by atoms with Gasteiger partial charge in [-0.1, -0.05) is 6.92 Å². The highest BCUT2D eigenvalue weighted by molar-refractivity contribution is 5.79. The van der Waals surface area contributed by atoms with Gasteiger partial charge < -0.3 is 15.5 Å². The van der Waals surface area contributed by atoms with Crippen molar-refractivity contribution in [2.24, 2.45) is 11.8 Å². The molecule has 0 aromatic rings. The molecule has 2 fully saturated rings. The fourth-order valence-corrected chi connectivity index (χ4v) is 2.56. The van der Waals surface area contributed by atoms with Crippen molar-refractivity contribution >= 4 is 11.8 Å². The third-order valence-electron chi connectivity index (χ3n) is 4.24. The monoisotopic (exact) mass is 268 g/mol. The Balaban J connectivity index is 1.75. The average molecular weight is 268 g/mol. The van der Waals surface area contributed by atoms with Crippen molar-refractivity contribution in [1.82, 2.24) is 20.4 Å². The van der Waals surface area contributed by atoms with Crippen molar-refractivity contribution in [3.8, 4) is 0 Å². The van der Waals surface area contributed by atoms with Crippen molar-refractivity contribution in [2.45, 2.75) is 6.92 Å². The van der Waals surface area contributed by atoms with Gasteiger partial charge in [-0.25, -0.2) is 0 Å². The SMILES string of the molecule is CNC(=O)CN1CCN(C(=O)C(C)C2CNC2)CC1. The van der Waals surface area contributed by atoms with Crippen molar-refractivity contribution in [2.75, 3.05) is 52.9 Å². The van der Waals surface area contributed by atoms with Gasteiger partial charge in [0.2, 0.25) is 11.8 Å². The fraction of sp³-hybridized carbons (Fsp3) is 0.846. The van der Waals surface area contributed by atoms with Crippen molar-refractivity contribution in [3.63, 3.8) is 0 Å². The lowest BCUT2D eigenvalue weighted by Gasteiger charge is -2.39. The van der Waals surface area contributed by atoms with Crippen LogP contribution in [0.1, 0.15) is 6.92 Å². The lowest BCUT2D eigenvalue weighted by Crippen LogP contribution is -2.55. The van der Waals surface area contributed by atoms with Crippen molar-refractivity contribution in [1.29, 1.82) is 0 Å². The Morgan fingerprint density at radius 2 is 1.89 bits per heavy atom. The molecule has 0 aromatic heterocycles. The van der Waals surface area contributed by atoms with Crippen LogP contribution in [0.5, 0.6) is 0 Å². The largest absolute Gasteiger partial charge is 0.358 e. The van der Waals surface area contributed by atoms with E-state index in [1.807, 2.05) is 11.8 Å². The zero-order valence-electron chi connectivity index (χ0n) is 11.8. The van der Waals surface area contributed by atoms with E-state index in [4.69, 9.17) is 0 Å². The van der Waals surface area contributed by atoms with Crippen LogP contribution in [-0.2, 0) is 9.59 Å². The molecule has 19 heavy (non-hydrogen) atoms. The molecular weight excluding hydrogens is 244 g/mol. The van der Waals surface area contributed by atoms with Crippen LogP contribution in [0.15, 0.2) is 0 Å². The van der Waals surface area contributed by atoms with E-state index in [-0.39, 0.29) is 17.7 Å². The number of nitrogens with one attached hydrogen (secondary N) is 2. The van der Waals surface area contributed by atoms with Gasteiger partial charge in [-0.2, -0.15) is 0 Å². The molecule has 2 rings (SSSR count). The molecular formula is C13H24N4O2. The maximum Gasteiger partial charge on any atom is 0.233 e. The van der Waals surface area contributed by atoms with E-state index in [0.717, 1.165) is 39.3 Å². The Morgan fingerprint density at radius 1 is 1.26 bits per heavy atom. The summed E-state index contributed by atoms with van der Waals surface area (Å²) in [6.45, 7) is 7.43. The molecule has 108 valence electrons. The van der Waals surface area contributed by atoms with Gasteiger partial charge in [0.05, 0.1) is 6.54 Å². The second-order valence-electron chi connectivity index (χ2n) is 5.48. The molecule has 0 spiro atoms. The first-order chi connectivity index (χ1) is 9.11. The van der Waals surface area contributed by atoms with Crippen molar-refractivity contribution in [3.05, 3.63) is 0 Å². The lowest BCUT2D eigenvalue weighted by molar-refractivity contribution is -0.139. The minimum Gasteiger partial charge on any atom is -0.358 e. The Morgan fingerprint density at radius 3 is 2.37 bits per heavy atom. The van der Waals surface area contributed by atoms with Crippen LogP contribution in [0.4, 0.5) is 0 Å². The molecule has 2 amide bonds. The van der Waals surface area contributed by atoms with Crippen LogP contribution in [0.3, 0.4) is 0 Å². The maximum absolute atomic E-state index is 12.3. The third-order valence-corrected chi connectivity index (χ3v) is 4.24. The highest BCUT2D eigenvalue weighted by Crippen LogP contribution is 2.19. The molecule has 2 aliphatic rings. The third kappa shape index (κ3) is 3.45. The van der Waals surface area contributed by atoms with Crippen molar-refractivity contribution < 1.29 is 9.59 Å². The normalized spacial score (nSPS) is 22.7. The standard InChI is InChI=1S/C13H24N4O2/c1-10(11-7-15-8-11)13(19)17-5-3-16(4-6-17)9-12(18)14-2/h10-11,15H,3-9H2,1-2H3,(H,14,18). The van der Waals surface area contributed by atoms with Crippen LogP contribution in [0.2, 0.25) is 0 Å². The van der Waals surface area contributed by atoms with Crippen LogP contribution in [-0.4, -0.2) is 74.5 Å². The topological polar surface area (TPSA) is 64.7 Å². The number of carbonyl (C=O) groups is 2. The molecule has 2 saturated heterocycles. The molecule has 2 heterocycles. The van der Waals surface area contributed by atoms with E-state index in [1.165, 1.54) is 0 Å². The quantitative estimate of drug-likeness (QED) is 0.667. The van der Waals surface area contributed by atoms with E-state index in [2.05, 4.69) is 15.5 Å². The summed E-state index contributed by atoms with van der Waals surface area (Å²) in [6, 6.07) is 0. The van der Waals surface area contributed by atoms with Gasteiger partial charge >= 0.3 is 0 Å². The summed E-state index contributed by atoms with van der Waals surface area (Å²) in [7, 11) is 1.65. The molecule has 6 nitrogen and oxygen atoms in total. The molecule has 2 N–H and O–H groups in total. The zero-order chi connectivity index (χ0) is 13.8. The summed E-state index contributed by atoms with van der Waals surface area (Å²) in [6.07, 6.45) is 0. The number of carbonyl (C=O) groups excluding carboxylic acids is 2. The molecule has 0 saturated carbocycles. The second kappa shape index (κ2) is 6.34. The summed E-state index contributed by atoms with van der Waals surface area (Å²) < 4.78 is 0. The fourth-order valence-electron chi connectivity index (χ4n) is 2.56. The minimum absolute atomic E-state index is 0.0358. The molecule has 1 atom stereocenters. The highest BCUT2D eigenvalue weighted by Gasteiger charge is 2.32. The summed E-state index contributed by atoms with van der Waals surface area (Å²) >= 11 is 0. The summed E-state index contributed by atoms with van der Waals surface area (Å²) in [4.78, 5) is 27.7. The van der Waals surface area contributed by atoms with E-state index < -0.39 is 0 Å². The number of hydrogen-bond acceptors (Lipinski definition) is 4. The number of nitrogens with zero attached hydrogens (tertiary/aromatic N) is 2. The first kappa shape index (κ1) is 14.3. The lowest BCUT2D eigenvalue weighted by atomic mass is 9.88. The minimum atomic E-state index is 0.0358. The Hall–Kier alpha value is -1.14. The van der Waals surface area contributed by atoms with Gasteiger partial charge in [0, 0.05) is 39.1 Å². The molecule has 2 aliphatic heterocycles. The van der Waals surface area contributed by atoms with Crippen LogP contribution in [0, 0.1) is 11.8 Å². The average Bonchev–Trinajstić information content (AvgIpc) is 2.36. The van der Waals surface area contributed by atoms with Gasteiger partial charge in [-0.3, -0.25) is 14.5 Å². The first-order valence-electron chi connectivity index (χ1n) is 7.04. The molecule has 1 unspecified atom stereocenters. The van der Waals surface area contributed by atoms with Gasteiger partial charge in [-0.15, -0.1) is 0 Å². The summed E-state index contributed by atoms with van der Waals surface area (Å²) in [5, 5.41) is 5.84. The predicted molar refractivity (Wildman–Crippen MR) is 72.6 cm³/mol. The molecule has 0 aromatic carbocycles. The number of rotatable bonds is 4. The summed E-state index contributed by atoms with van der Waals surface area (Å²) in [5.74, 6) is 0.919. The number of amides is 2. The molecule has 0 aliphatic carbocycles. The Labute approximate surface area is 114 Å². The number of hydrogen-bond donors (Lipinski definition) is 2. The smallest absolute Gasteiger partial charge is 0.233 e. The predicted octanol–water partition coefficient (Wildman–Crippen LogP) is -1.27. The van der Waals surface area contributed by atoms with E-state index in [0.29, 0.717) is 12.5 Å². The van der Waals surface area contributed by atoms with Crippen LogP contribution in [0.25, 0.3) is 0 Å². The van der Waals surface area contributed by atoms with Crippen LogP contribution >= 0.6 is 0 Å². The highest BCUT2D eigenvalue weighted by atomic mass is 16.2. The second-order valence-corrected chi connectivity index (χ2v) is 5.48. The van der Waals surface area contributed by atoms with E-state index in [9.17, 15) is 9.59 Å². The van der Waals surface area contributed by atoms with Crippen LogP contribution < -0.4 is 10.6 Å². The van der Waals surface area contributed by atoms with Gasteiger partial charge in [0.1, 0.15) is 0 Å².